The molecule has 0 aliphatic rings. The number of alkyl halides is 3. The first kappa shape index (κ1) is 13.3. The third kappa shape index (κ3) is 3.18. The van der Waals surface area contributed by atoms with Crippen LogP contribution in [0.25, 0.3) is 11.1 Å². The molecule has 1 aromatic heterocycles. The molecule has 0 aliphatic carbocycles. The minimum absolute atomic E-state index is 0.0703. The molecule has 1 aromatic carbocycles. The monoisotopic (exact) mass is 271 g/mol. The predicted octanol–water partition coefficient (Wildman–Crippen LogP) is 3.05. The molecule has 1 heterocycles. The van der Waals surface area contributed by atoms with Gasteiger partial charge in [-0.25, -0.2) is 0 Å². The number of aryl methyl sites for hydroxylation is 1. The van der Waals surface area contributed by atoms with Gasteiger partial charge in [-0.15, -0.1) is 13.2 Å². The molecule has 19 heavy (non-hydrogen) atoms. The van der Waals surface area contributed by atoms with Crippen molar-refractivity contribution < 1.29 is 17.9 Å². The number of aromatic nitrogens is 2. The van der Waals surface area contributed by atoms with Crippen molar-refractivity contribution in [3.05, 3.63) is 30.6 Å². The second kappa shape index (κ2) is 4.83. The van der Waals surface area contributed by atoms with Crippen molar-refractivity contribution in [2.24, 2.45) is 0 Å². The Labute approximate surface area is 107 Å². The van der Waals surface area contributed by atoms with Gasteiger partial charge in [0.1, 0.15) is 0 Å². The Hall–Kier alpha value is -2.18. The maximum absolute atomic E-state index is 12.1. The summed E-state index contributed by atoms with van der Waals surface area (Å²) in [6.07, 6.45) is -1.33. The lowest BCUT2D eigenvalue weighted by Gasteiger charge is -2.11. The highest BCUT2D eigenvalue weighted by Gasteiger charge is 2.31. The van der Waals surface area contributed by atoms with Crippen molar-refractivity contribution >= 4 is 5.69 Å². The van der Waals surface area contributed by atoms with Crippen molar-refractivity contribution in [3.8, 4) is 16.9 Å². The molecule has 2 rings (SSSR count). The molecule has 0 amide bonds. The van der Waals surface area contributed by atoms with Crippen LogP contribution in [-0.2, 0) is 6.54 Å². The van der Waals surface area contributed by atoms with Gasteiger partial charge in [0.25, 0.3) is 0 Å². The van der Waals surface area contributed by atoms with E-state index in [1.165, 1.54) is 18.2 Å². The van der Waals surface area contributed by atoms with Crippen LogP contribution in [0.4, 0.5) is 18.9 Å². The number of ether oxygens (including phenoxy) is 1. The number of anilines is 1. The van der Waals surface area contributed by atoms with Gasteiger partial charge in [-0.3, -0.25) is 4.68 Å². The van der Waals surface area contributed by atoms with Gasteiger partial charge < -0.3 is 10.5 Å². The van der Waals surface area contributed by atoms with Gasteiger partial charge in [-0.1, -0.05) is 6.07 Å². The molecule has 2 aromatic rings. The number of nitrogen functional groups attached to an aromatic ring is 1. The van der Waals surface area contributed by atoms with E-state index in [-0.39, 0.29) is 5.69 Å². The molecule has 0 atom stereocenters. The van der Waals surface area contributed by atoms with Gasteiger partial charge in [-0.2, -0.15) is 5.10 Å². The first-order valence-corrected chi connectivity index (χ1v) is 5.57. The summed E-state index contributed by atoms with van der Waals surface area (Å²) in [4.78, 5) is 0. The summed E-state index contributed by atoms with van der Waals surface area (Å²) < 4.78 is 41.8. The van der Waals surface area contributed by atoms with Crippen LogP contribution in [0, 0.1) is 0 Å². The van der Waals surface area contributed by atoms with E-state index in [0.29, 0.717) is 12.1 Å². The molecule has 2 N–H and O–H groups in total. The number of hydrogen-bond donors (Lipinski definition) is 1. The fourth-order valence-corrected chi connectivity index (χ4v) is 1.63. The van der Waals surface area contributed by atoms with E-state index >= 15 is 0 Å². The summed E-state index contributed by atoms with van der Waals surface area (Å²) in [6, 6.07) is 4.13. The van der Waals surface area contributed by atoms with Crippen LogP contribution < -0.4 is 10.5 Å². The molecule has 0 spiro atoms. The van der Waals surface area contributed by atoms with Crippen molar-refractivity contribution in [1.29, 1.82) is 0 Å². The van der Waals surface area contributed by atoms with Gasteiger partial charge in [0, 0.05) is 18.3 Å². The van der Waals surface area contributed by atoms with Gasteiger partial charge in [0.2, 0.25) is 0 Å². The normalized spacial score (nSPS) is 11.6. The molecule has 0 unspecified atom stereocenters. The zero-order valence-corrected chi connectivity index (χ0v) is 10.1. The Morgan fingerprint density at radius 3 is 2.58 bits per heavy atom. The van der Waals surface area contributed by atoms with Crippen LogP contribution in [0.1, 0.15) is 6.92 Å². The number of benzene rings is 1. The summed E-state index contributed by atoms with van der Waals surface area (Å²) in [5.41, 5.74) is 6.95. The van der Waals surface area contributed by atoms with E-state index in [2.05, 4.69) is 9.84 Å². The van der Waals surface area contributed by atoms with E-state index in [1.807, 2.05) is 6.92 Å². The zero-order valence-electron chi connectivity index (χ0n) is 10.1. The van der Waals surface area contributed by atoms with Crippen LogP contribution in [0.3, 0.4) is 0 Å². The second-order valence-corrected chi connectivity index (χ2v) is 3.89. The SMILES string of the molecule is CCn1cc(-c2ccc(OC(F)(F)F)c(N)c2)cn1. The van der Waals surface area contributed by atoms with E-state index in [0.717, 1.165) is 5.56 Å². The van der Waals surface area contributed by atoms with E-state index in [4.69, 9.17) is 5.73 Å². The number of nitrogens with two attached hydrogens (primary N) is 1. The molecule has 0 saturated heterocycles. The highest BCUT2D eigenvalue weighted by molar-refractivity contribution is 5.69. The van der Waals surface area contributed by atoms with E-state index in [1.54, 1.807) is 17.1 Å². The molecule has 0 fully saturated rings. The summed E-state index contributed by atoms with van der Waals surface area (Å²) in [6.45, 7) is 2.65. The molecule has 102 valence electrons. The number of hydrogen-bond acceptors (Lipinski definition) is 3. The maximum atomic E-state index is 12.1. The fraction of sp³-hybridized carbons (Fsp3) is 0.250. The highest BCUT2D eigenvalue weighted by Crippen LogP contribution is 2.32. The predicted molar refractivity (Wildman–Crippen MR) is 64.4 cm³/mol. The summed E-state index contributed by atoms with van der Waals surface area (Å²) >= 11 is 0. The van der Waals surface area contributed by atoms with Crippen LogP contribution >= 0.6 is 0 Å². The first-order valence-electron chi connectivity index (χ1n) is 5.57. The Bertz CT molecular complexity index is 578. The van der Waals surface area contributed by atoms with Crippen molar-refractivity contribution in [2.45, 2.75) is 19.8 Å². The Balaban J connectivity index is 2.28. The molecule has 7 heteroatoms. The lowest BCUT2D eigenvalue weighted by atomic mass is 10.1. The van der Waals surface area contributed by atoms with Gasteiger partial charge >= 0.3 is 6.36 Å². The first-order chi connectivity index (χ1) is 8.89. The summed E-state index contributed by atoms with van der Waals surface area (Å²) in [5.74, 6) is -0.404. The molecular formula is C12H12F3N3O. The van der Waals surface area contributed by atoms with Gasteiger partial charge in [0.05, 0.1) is 11.9 Å². The maximum Gasteiger partial charge on any atom is 0.573 e. The summed E-state index contributed by atoms with van der Waals surface area (Å²) in [7, 11) is 0. The Morgan fingerprint density at radius 1 is 1.32 bits per heavy atom. The topological polar surface area (TPSA) is 53.1 Å². The smallest absolute Gasteiger partial charge is 0.404 e. The molecule has 0 saturated carbocycles. The Morgan fingerprint density at radius 2 is 2.05 bits per heavy atom. The minimum atomic E-state index is -4.75. The third-order valence-electron chi connectivity index (χ3n) is 2.53. The molecule has 0 aliphatic heterocycles. The number of rotatable bonds is 3. The van der Waals surface area contributed by atoms with Crippen molar-refractivity contribution in [2.75, 3.05) is 5.73 Å². The van der Waals surface area contributed by atoms with Crippen molar-refractivity contribution in [1.82, 2.24) is 9.78 Å². The van der Waals surface area contributed by atoms with Crippen LogP contribution in [0.15, 0.2) is 30.6 Å². The molecule has 4 nitrogen and oxygen atoms in total. The number of nitrogens with zero attached hydrogens (tertiary/aromatic N) is 2. The quantitative estimate of drug-likeness (QED) is 0.873. The average Bonchev–Trinajstić information content (AvgIpc) is 2.79. The van der Waals surface area contributed by atoms with Gasteiger partial charge in [-0.05, 0) is 24.6 Å². The molecule has 0 radical (unpaired) electrons. The average molecular weight is 271 g/mol. The minimum Gasteiger partial charge on any atom is -0.404 e. The lowest BCUT2D eigenvalue weighted by molar-refractivity contribution is -0.274. The second-order valence-electron chi connectivity index (χ2n) is 3.89. The van der Waals surface area contributed by atoms with Crippen LogP contribution in [-0.4, -0.2) is 16.1 Å². The lowest BCUT2D eigenvalue weighted by Crippen LogP contribution is -2.17. The molecular weight excluding hydrogens is 259 g/mol. The largest absolute Gasteiger partial charge is 0.573 e. The Kier molecular flexibility index (Phi) is 3.37. The number of halogens is 3. The third-order valence-corrected chi connectivity index (χ3v) is 2.53. The summed E-state index contributed by atoms with van der Waals surface area (Å²) in [5, 5.41) is 4.09. The fourth-order valence-electron chi connectivity index (χ4n) is 1.63. The standard InChI is InChI=1S/C12H12F3N3O/c1-2-18-7-9(6-17-18)8-3-4-11(10(16)5-8)19-12(13,14)15/h3-7H,2,16H2,1H3. The van der Waals surface area contributed by atoms with E-state index in [9.17, 15) is 13.2 Å². The highest BCUT2D eigenvalue weighted by atomic mass is 19.4. The van der Waals surface area contributed by atoms with Gasteiger partial charge in [0.15, 0.2) is 5.75 Å². The van der Waals surface area contributed by atoms with Crippen molar-refractivity contribution in [3.63, 3.8) is 0 Å². The van der Waals surface area contributed by atoms with Crippen LogP contribution in [0.2, 0.25) is 0 Å². The van der Waals surface area contributed by atoms with E-state index < -0.39 is 12.1 Å². The zero-order chi connectivity index (χ0) is 14.0. The van der Waals surface area contributed by atoms with Crippen LogP contribution in [0.5, 0.6) is 5.75 Å². The molecule has 0 bridgehead atoms.